The van der Waals surface area contributed by atoms with Crippen LogP contribution < -0.4 is 28.9 Å². The summed E-state index contributed by atoms with van der Waals surface area (Å²) in [7, 11) is 5.44. The van der Waals surface area contributed by atoms with Gasteiger partial charge in [-0.1, -0.05) is 37.9 Å². The molecule has 54 heavy (non-hydrogen) atoms. The highest BCUT2D eigenvalue weighted by molar-refractivity contribution is 5.81. The number of aromatic nitrogens is 3. The first kappa shape index (κ1) is 39.9. The molecule has 0 saturated heterocycles. The summed E-state index contributed by atoms with van der Waals surface area (Å²) in [6.45, 7) is 10.8. The van der Waals surface area contributed by atoms with Gasteiger partial charge in [0, 0.05) is 74.6 Å². The first-order valence-corrected chi connectivity index (χ1v) is 16.6. The molecule has 4 aromatic rings. The Morgan fingerprint density at radius 2 is 0.778 bits per heavy atom. The highest BCUT2D eigenvalue weighted by Crippen LogP contribution is 2.32. The van der Waals surface area contributed by atoms with Crippen LogP contribution in [0.3, 0.4) is 0 Å². The summed E-state index contributed by atoms with van der Waals surface area (Å²) in [5.74, 6) is 1.01. The minimum Gasteiger partial charge on any atom is -0.490 e. The zero-order valence-corrected chi connectivity index (χ0v) is 30.4. The molecule has 4 rings (SSSR count). The van der Waals surface area contributed by atoms with Crippen molar-refractivity contribution in [2.24, 2.45) is 0 Å². The predicted molar refractivity (Wildman–Crippen MR) is 203 cm³/mol. The summed E-state index contributed by atoms with van der Waals surface area (Å²) >= 11 is 0. The zero-order valence-electron chi connectivity index (χ0n) is 30.4. The van der Waals surface area contributed by atoms with Gasteiger partial charge in [0.15, 0.2) is 0 Å². The Morgan fingerprint density at radius 1 is 0.500 bits per heavy atom. The van der Waals surface area contributed by atoms with Crippen LogP contribution in [0.1, 0.15) is 0 Å². The zero-order chi connectivity index (χ0) is 38.9. The fourth-order valence-electron chi connectivity index (χ4n) is 4.57. The Labute approximate surface area is 313 Å². The molecule has 0 unspecified atom stereocenters. The fourth-order valence-corrected chi connectivity index (χ4v) is 4.57. The Kier molecular flexibility index (Phi) is 14.9. The molecule has 0 bridgehead atoms. The molecular weight excluding hydrogens is 696 g/mol. The van der Waals surface area contributed by atoms with Crippen molar-refractivity contribution < 1.29 is 42.8 Å². The van der Waals surface area contributed by atoms with Crippen LogP contribution in [0, 0.1) is 0 Å². The third-order valence-corrected chi connectivity index (χ3v) is 7.40. The molecule has 0 saturated carbocycles. The largest absolute Gasteiger partial charge is 0.490 e. The quantitative estimate of drug-likeness (QED) is 0.0457. The van der Waals surface area contributed by atoms with E-state index in [1.807, 2.05) is 75.7 Å². The van der Waals surface area contributed by atoms with E-state index in [-0.39, 0.29) is 39.6 Å². The van der Waals surface area contributed by atoms with Crippen molar-refractivity contribution >= 4 is 52.8 Å². The molecule has 0 radical (unpaired) electrons. The highest BCUT2D eigenvalue weighted by Gasteiger charge is 2.20. The van der Waals surface area contributed by atoms with E-state index in [2.05, 4.69) is 19.7 Å². The first-order chi connectivity index (χ1) is 26.1. The van der Waals surface area contributed by atoms with E-state index in [1.165, 1.54) is 0 Å². The molecule has 282 valence electrons. The molecule has 0 aliphatic heterocycles. The van der Waals surface area contributed by atoms with Crippen LogP contribution in [-0.4, -0.2) is 93.6 Å². The molecule has 0 aliphatic carbocycles. The van der Waals surface area contributed by atoms with Crippen LogP contribution in [0.5, 0.6) is 17.2 Å². The number of anilines is 6. The van der Waals surface area contributed by atoms with Gasteiger partial charge in [0.05, 0.1) is 0 Å². The van der Waals surface area contributed by atoms with Crippen LogP contribution in [-0.2, 0) is 28.6 Å². The van der Waals surface area contributed by atoms with Crippen LogP contribution >= 0.6 is 0 Å². The van der Waals surface area contributed by atoms with E-state index in [0.717, 1.165) is 18.2 Å². The van der Waals surface area contributed by atoms with Crippen LogP contribution in [0.25, 0.3) is 0 Å². The van der Waals surface area contributed by atoms with Gasteiger partial charge in [-0.05, 0) is 36.4 Å². The van der Waals surface area contributed by atoms with Crippen LogP contribution in [0.4, 0.5) is 34.9 Å². The van der Waals surface area contributed by atoms with Crippen LogP contribution in [0.15, 0.2) is 111 Å². The molecule has 15 nitrogen and oxygen atoms in total. The van der Waals surface area contributed by atoms with E-state index in [1.54, 1.807) is 32.9 Å². The van der Waals surface area contributed by atoms with Crippen molar-refractivity contribution in [3.05, 3.63) is 111 Å². The van der Waals surface area contributed by atoms with E-state index < -0.39 is 17.9 Å². The van der Waals surface area contributed by atoms with Gasteiger partial charge in [0.25, 0.3) is 0 Å². The lowest BCUT2D eigenvalue weighted by atomic mass is 10.3. The van der Waals surface area contributed by atoms with Gasteiger partial charge in [0.2, 0.25) is 17.8 Å². The second-order valence-corrected chi connectivity index (χ2v) is 11.1. The van der Waals surface area contributed by atoms with E-state index in [9.17, 15) is 14.4 Å². The maximum Gasteiger partial charge on any atom is 0.330 e. The lowest BCUT2D eigenvalue weighted by molar-refractivity contribution is -0.139. The van der Waals surface area contributed by atoms with Crippen molar-refractivity contribution in [3.63, 3.8) is 0 Å². The van der Waals surface area contributed by atoms with Crippen molar-refractivity contribution in [1.82, 2.24) is 15.0 Å². The smallest absolute Gasteiger partial charge is 0.330 e. The first-order valence-electron chi connectivity index (χ1n) is 16.6. The molecular formula is C39H42N6O9. The number of rotatable bonds is 21. The summed E-state index contributed by atoms with van der Waals surface area (Å²) in [5, 5.41) is 0. The van der Waals surface area contributed by atoms with Gasteiger partial charge in [-0.25, -0.2) is 14.4 Å². The molecule has 0 aliphatic rings. The average Bonchev–Trinajstić information content (AvgIpc) is 3.21. The van der Waals surface area contributed by atoms with Gasteiger partial charge in [-0.3, -0.25) is 0 Å². The Balaban J connectivity index is 1.62. The standard InChI is InChI=1S/C39H42N6O9/c1-7-34(46)52-22-19-49-31-16-10-13-28(25-31)43(4)37-40-38(44(5)29-14-11-17-32(26-29)50-20-23-53-35(47)8-2)42-39(41-37)45(6)30-15-12-18-33(27-30)51-21-24-54-36(48)9-3/h7-18,25-27H,1-3,19-24H2,4-6H3. The van der Waals surface area contributed by atoms with Gasteiger partial charge in [-0.15, -0.1) is 0 Å². The lowest BCUT2D eigenvalue weighted by Crippen LogP contribution is -2.22. The van der Waals surface area contributed by atoms with Crippen molar-refractivity contribution in [2.75, 3.05) is 75.5 Å². The minimum absolute atomic E-state index is 0.0633. The third-order valence-electron chi connectivity index (χ3n) is 7.40. The number of carbonyl (C=O) groups excluding carboxylic acids is 3. The maximum atomic E-state index is 11.4. The SMILES string of the molecule is C=CC(=O)OCCOc1cccc(N(C)c2nc(N(C)c3cccc(OCCOC(=O)C=C)c3)nc(N(C)c3cccc(OCCOC(=O)C=C)c3)n2)c1. The Morgan fingerprint density at radius 3 is 1.04 bits per heavy atom. The molecule has 0 N–H and O–H groups in total. The average molecular weight is 739 g/mol. The predicted octanol–water partition coefficient (Wildman–Crippen LogP) is 5.50. The normalized spacial score (nSPS) is 10.3. The van der Waals surface area contributed by atoms with Gasteiger partial charge in [0.1, 0.15) is 56.9 Å². The fraction of sp³-hybridized carbons (Fsp3) is 0.231. The lowest BCUT2D eigenvalue weighted by Gasteiger charge is -2.25. The third kappa shape index (κ3) is 11.8. The summed E-state index contributed by atoms with van der Waals surface area (Å²) in [6.07, 6.45) is 3.28. The van der Waals surface area contributed by atoms with Gasteiger partial charge >= 0.3 is 17.9 Å². The number of nitrogens with zero attached hydrogens (tertiary/aromatic N) is 6. The van der Waals surface area contributed by atoms with E-state index in [0.29, 0.717) is 52.2 Å². The number of benzene rings is 3. The van der Waals surface area contributed by atoms with Gasteiger partial charge in [-0.2, -0.15) is 15.0 Å². The summed E-state index contributed by atoms with van der Waals surface area (Å²) in [6, 6.07) is 21.9. The van der Waals surface area contributed by atoms with Crippen molar-refractivity contribution in [3.8, 4) is 17.2 Å². The second-order valence-electron chi connectivity index (χ2n) is 11.1. The van der Waals surface area contributed by atoms with Gasteiger partial charge < -0.3 is 43.1 Å². The van der Waals surface area contributed by atoms with E-state index >= 15 is 0 Å². The Hall–Kier alpha value is -6.90. The summed E-state index contributed by atoms with van der Waals surface area (Å²) in [4.78, 5) is 54.0. The highest BCUT2D eigenvalue weighted by atomic mass is 16.6. The van der Waals surface area contributed by atoms with Crippen LogP contribution in [0.2, 0.25) is 0 Å². The molecule has 3 aromatic carbocycles. The second kappa shape index (κ2) is 20.2. The number of carbonyl (C=O) groups is 3. The molecule has 0 fully saturated rings. The molecule has 1 aromatic heterocycles. The molecule has 0 atom stereocenters. The summed E-state index contributed by atoms with van der Waals surface area (Å²) < 4.78 is 32.4. The number of hydrogen-bond acceptors (Lipinski definition) is 15. The molecule has 1 heterocycles. The van der Waals surface area contributed by atoms with Crippen molar-refractivity contribution in [1.29, 1.82) is 0 Å². The topological polar surface area (TPSA) is 155 Å². The monoisotopic (exact) mass is 738 g/mol. The Bertz CT molecular complexity index is 1710. The van der Waals surface area contributed by atoms with E-state index in [4.69, 9.17) is 43.4 Å². The number of hydrogen-bond donors (Lipinski definition) is 0. The maximum absolute atomic E-state index is 11.4. The summed E-state index contributed by atoms with van der Waals surface area (Å²) in [5.41, 5.74) is 2.14. The minimum atomic E-state index is -0.528. The van der Waals surface area contributed by atoms with Crippen molar-refractivity contribution in [2.45, 2.75) is 0 Å². The number of esters is 3. The molecule has 15 heteroatoms. The number of ether oxygens (including phenoxy) is 6. The molecule has 0 spiro atoms. The molecule has 0 amide bonds.